The van der Waals surface area contributed by atoms with Gasteiger partial charge in [-0.1, -0.05) is 30.3 Å². The van der Waals surface area contributed by atoms with E-state index in [0.717, 1.165) is 12.0 Å². The molecule has 0 aliphatic carbocycles. The van der Waals surface area contributed by atoms with E-state index >= 15 is 0 Å². The highest BCUT2D eigenvalue weighted by atomic mass is 16.5. The van der Waals surface area contributed by atoms with Gasteiger partial charge in [-0.2, -0.15) is 0 Å². The van der Waals surface area contributed by atoms with Gasteiger partial charge in [0.1, 0.15) is 0 Å². The second kappa shape index (κ2) is 8.53. The molecule has 0 aliphatic rings. The lowest BCUT2D eigenvalue weighted by Crippen LogP contribution is -2.41. The van der Waals surface area contributed by atoms with Gasteiger partial charge in [0.25, 0.3) is 5.91 Å². The van der Waals surface area contributed by atoms with Gasteiger partial charge in [-0.05, 0) is 43.5 Å². The molecule has 0 heterocycles. The monoisotopic (exact) mass is 343 g/mol. The van der Waals surface area contributed by atoms with Crippen molar-refractivity contribution < 1.29 is 19.4 Å². The molecule has 1 unspecified atom stereocenters. The third-order valence-corrected chi connectivity index (χ3v) is 4.07. The van der Waals surface area contributed by atoms with E-state index in [1.807, 2.05) is 30.3 Å². The molecule has 0 aliphatic heterocycles. The van der Waals surface area contributed by atoms with Gasteiger partial charge in [0, 0.05) is 12.1 Å². The first kappa shape index (κ1) is 18.8. The number of methoxy groups -OCH3 is 2. The van der Waals surface area contributed by atoms with Crippen LogP contribution in [0.1, 0.15) is 29.3 Å². The molecule has 2 rings (SSSR count). The molecule has 5 nitrogen and oxygen atoms in total. The van der Waals surface area contributed by atoms with Crippen LogP contribution in [0.2, 0.25) is 0 Å². The molecule has 0 saturated heterocycles. The summed E-state index contributed by atoms with van der Waals surface area (Å²) in [5.41, 5.74) is 0.632. The number of carbonyl (C=O) groups excluding carboxylic acids is 1. The highest BCUT2D eigenvalue weighted by Crippen LogP contribution is 2.27. The second-order valence-corrected chi connectivity index (χ2v) is 6.23. The van der Waals surface area contributed by atoms with Crippen LogP contribution in [0.25, 0.3) is 0 Å². The smallest absolute Gasteiger partial charge is 0.251 e. The molecule has 0 spiro atoms. The second-order valence-electron chi connectivity index (χ2n) is 6.23. The van der Waals surface area contributed by atoms with Gasteiger partial charge in [0.15, 0.2) is 11.5 Å². The van der Waals surface area contributed by atoms with Crippen LogP contribution >= 0.6 is 0 Å². The van der Waals surface area contributed by atoms with E-state index in [9.17, 15) is 9.90 Å². The summed E-state index contributed by atoms with van der Waals surface area (Å²) in [6, 6.07) is 14.9. The van der Waals surface area contributed by atoms with Crippen LogP contribution in [0.15, 0.2) is 48.5 Å². The summed E-state index contributed by atoms with van der Waals surface area (Å²) in [5, 5.41) is 13.3. The van der Waals surface area contributed by atoms with E-state index in [2.05, 4.69) is 5.32 Å². The fourth-order valence-electron chi connectivity index (χ4n) is 2.50. The van der Waals surface area contributed by atoms with E-state index in [-0.39, 0.29) is 12.5 Å². The average Bonchev–Trinajstić information content (AvgIpc) is 2.65. The first-order valence-corrected chi connectivity index (χ1v) is 8.22. The predicted molar refractivity (Wildman–Crippen MR) is 97.3 cm³/mol. The number of aliphatic hydroxyl groups is 1. The van der Waals surface area contributed by atoms with Gasteiger partial charge in [0.2, 0.25) is 0 Å². The summed E-state index contributed by atoms with van der Waals surface area (Å²) in [4.78, 5) is 12.3. The van der Waals surface area contributed by atoms with Crippen LogP contribution in [-0.4, -0.2) is 37.4 Å². The lowest BCUT2D eigenvalue weighted by atomic mass is 9.96. The van der Waals surface area contributed by atoms with Gasteiger partial charge >= 0.3 is 0 Å². The lowest BCUT2D eigenvalue weighted by Gasteiger charge is -2.24. The standard InChI is InChI=1S/C20H25NO4/c1-20(23,12-11-15-7-5-4-6-8-15)14-21-19(22)16-9-10-17(24-2)18(13-16)25-3/h4-10,13,23H,11-12,14H2,1-3H3,(H,21,22). The molecule has 0 fully saturated rings. The Labute approximate surface area is 148 Å². The first-order chi connectivity index (χ1) is 11.9. The van der Waals surface area contributed by atoms with Crippen LogP contribution < -0.4 is 14.8 Å². The Morgan fingerprint density at radius 2 is 1.76 bits per heavy atom. The summed E-state index contributed by atoms with van der Waals surface area (Å²) in [6.45, 7) is 1.90. The maximum Gasteiger partial charge on any atom is 0.251 e. The summed E-state index contributed by atoms with van der Waals surface area (Å²) < 4.78 is 10.4. The molecule has 2 aromatic carbocycles. The van der Waals surface area contributed by atoms with E-state index < -0.39 is 5.60 Å². The number of nitrogens with one attached hydrogen (secondary N) is 1. The molecule has 0 saturated carbocycles. The summed E-state index contributed by atoms with van der Waals surface area (Å²) in [6.07, 6.45) is 1.31. The van der Waals surface area contributed by atoms with Crippen molar-refractivity contribution in [2.75, 3.05) is 20.8 Å². The largest absolute Gasteiger partial charge is 0.493 e. The van der Waals surface area contributed by atoms with E-state index in [1.54, 1.807) is 32.2 Å². The third-order valence-electron chi connectivity index (χ3n) is 4.07. The Hall–Kier alpha value is -2.53. The van der Waals surface area contributed by atoms with Gasteiger partial charge in [-0.25, -0.2) is 0 Å². The van der Waals surface area contributed by atoms with Crippen molar-refractivity contribution in [1.82, 2.24) is 5.32 Å². The number of amides is 1. The van der Waals surface area contributed by atoms with Crippen molar-refractivity contribution >= 4 is 5.91 Å². The molecular weight excluding hydrogens is 318 g/mol. The van der Waals surface area contributed by atoms with Gasteiger partial charge in [-0.3, -0.25) is 4.79 Å². The topological polar surface area (TPSA) is 67.8 Å². The van der Waals surface area contributed by atoms with E-state index in [4.69, 9.17) is 9.47 Å². The molecule has 2 aromatic rings. The fraction of sp³-hybridized carbons (Fsp3) is 0.350. The highest BCUT2D eigenvalue weighted by Gasteiger charge is 2.21. The number of hydrogen-bond donors (Lipinski definition) is 2. The lowest BCUT2D eigenvalue weighted by molar-refractivity contribution is 0.0478. The maximum absolute atomic E-state index is 12.3. The van der Waals surface area contributed by atoms with Gasteiger partial charge in [-0.15, -0.1) is 0 Å². The molecule has 0 aromatic heterocycles. The molecule has 1 atom stereocenters. The molecule has 134 valence electrons. The molecule has 25 heavy (non-hydrogen) atoms. The van der Waals surface area contributed by atoms with Crippen LogP contribution in [0.4, 0.5) is 0 Å². The first-order valence-electron chi connectivity index (χ1n) is 8.22. The van der Waals surface area contributed by atoms with Crippen molar-refractivity contribution in [1.29, 1.82) is 0 Å². The summed E-state index contributed by atoms with van der Waals surface area (Å²) in [7, 11) is 3.06. The molecule has 5 heteroatoms. The summed E-state index contributed by atoms with van der Waals surface area (Å²) in [5.74, 6) is 0.792. The number of ether oxygens (including phenoxy) is 2. The van der Waals surface area contributed by atoms with E-state index in [1.165, 1.54) is 7.11 Å². The zero-order valence-electron chi connectivity index (χ0n) is 14.9. The predicted octanol–water partition coefficient (Wildman–Crippen LogP) is 2.82. The van der Waals surface area contributed by atoms with Gasteiger partial charge < -0.3 is 19.9 Å². The Bertz CT molecular complexity index is 698. The van der Waals surface area contributed by atoms with Gasteiger partial charge in [0.05, 0.1) is 19.8 Å². The van der Waals surface area contributed by atoms with Crippen molar-refractivity contribution in [3.05, 3.63) is 59.7 Å². The number of carbonyl (C=O) groups is 1. The SMILES string of the molecule is COc1ccc(C(=O)NCC(C)(O)CCc2ccccc2)cc1OC. The maximum atomic E-state index is 12.3. The highest BCUT2D eigenvalue weighted by molar-refractivity contribution is 5.94. The summed E-state index contributed by atoms with van der Waals surface area (Å²) >= 11 is 0. The minimum absolute atomic E-state index is 0.174. The third kappa shape index (κ3) is 5.50. The number of hydrogen-bond acceptors (Lipinski definition) is 4. The minimum atomic E-state index is -0.984. The average molecular weight is 343 g/mol. The van der Waals surface area contributed by atoms with Crippen LogP contribution in [-0.2, 0) is 6.42 Å². The van der Waals surface area contributed by atoms with Crippen molar-refractivity contribution in [2.24, 2.45) is 0 Å². The van der Waals surface area contributed by atoms with Crippen molar-refractivity contribution in [3.63, 3.8) is 0 Å². The number of rotatable bonds is 8. The Morgan fingerprint density at radius 3 is 2.40 bits per heavy atom. The minimum Gasteiger partial charge on any atom is -0.493 e. The Balaban J connectivity index is 1.91. The zero-order chi connectivity index (χ0) is 18.3. The fourth-order valence-corrected chi connectivity index (χ4v) is 2.50. The zero-order valence-corrected chi connectivity index (χ0v) is 14.9. The number of aryl methyl sites for hydroxylation is 1. The molecule has 1 amide bonds. The Morgan fingerprint density at radius 1 is 1.08 bits per heavy atom. The quantitative estimate of drug-likeness (QED) is 0.773. The van der Waals surface area contributed by atoms with E-state index in [0.29, 0.717) is 23.5 Å². The van der Waals surface area contributed by atoms with Crippen LogP contribution in [0.3, 0.4) is 0 Å². The molecular formula is C20H25NO4. The number of benzene rings is 2. The molecule has 2 N–H and O–H groups in total. The molecule has 0 bridgehead atoms. The van der Waals surface area contributed by atoms with Crippen molar-refractivity contribution in [2.45, 2.75) is 25.4 Å². The molecule has 0 radical (unpaired) electrons. The van der Waals surface area contributed by atoms with Crippen LogP contribution in [0, 0.1) is 0 Å². The van der Waals surface area contributed by atoms with Crippen molar-refractivity contribution in [3.8, 4) is 11.5 Å². The van der Waals surface area contributed by atoms with Crippen LogP contribution in [0.5, 0.6) is 11.5 Å². The normalized spacial score (nSPS) is 13.0. The Kier molecular flexibility index (Phi) is 6.42.